The lowest BCUT2D eigenvalue weighted by atomic mass is 10.3. The Morgan fingerprint density at radius 2 is 2.00 bits per heavy atom. The number of imidazole rings is 1. The van der Waals surface area contributed by atoms with Gasteiger partial charge in [0.25, 0.3) is 0 Å². The lowest BCUT2D eigenvalue weighted by Gasteiger charge is -2.04. The van der Waals surface area contributed by atoms with Crippen LogP contribution in [0.15, 0.2) is 30.7 Å². The first-order valence-electron chi connectivity index (χ1n) is 4.20. The van der Waals surface area contributed by atoms with Gasteiger partial charge in [-0.25, -0.2) is 4.98 Å². The van der Waals surface area contributed by atoms with E-state index >= 15 is 0 Å². The van der Waals surface area contributed by atoms with E-state index in [2.05, 4.69) is 9.97 Å². The first kappa shape index (κ1) is 7.98. The van der Waals surface area contributed by atoms with Crippen LogP contribution >= 0.6 is 0 Å². The maximum Gasteiger partial charge on any atom is 0.110 e. The highest BCUT2D eigenvalue weighted by Gasteiger charge is 1.99. The summed E-state index contributed by atoms with van der Waals surface area (Å²) in [5, 5.41) is 0. The minimum absolute atomic E-state index is 0.991. The SMILES string of the molecule is Cc1cc(-n2ccnc2C)ccn1. The molecular weight excluding hydrogens is 162 g/mol. The van der Waals surface area contributed by atoms with Gasteiger partial charge in [-0.05, 0) is 26.0 Å². The highest BCUT2D eigenvalue weighted by molar-refractivity contribution is 5.32. The van der Waals surface area contributed by atoms with Gasteiger partial charge in [0.1, 0.15) is 5.82 Å². The summed E-state index contributed by atoms with van der Waals surface area (Å²) in [5.74, 6) is 0.991. The topological polar surface area (TPSA) is 30.7 Å². The molecule has 0 aliphatic rings. The summed E-state index contributed by atoms with van der Waals surface area (Å²) in [6.45, 7) is 3.96. The van der Waals surface area contributed by atoms with E-state index in [-0.39, 0.29) is 0 Å². The van der Waals surface area contributed by atoms with Crippen LogP contribution in [0.1, 0.15) is 11.5 Å². The molecule has 0 fully saturated rings. The minimum atomic E-state index is 0.991. The summed E-state index contributed by atoms with van der Waals surface area (Å²) < 4.78 is 2.04. The predicted octanol–water partition coefficient (Wildman–Crippen LogP) is 1.88. The average molecular weight is 173 g/mol. The fourth-order valence-electron chi connectivity index (χ4n) is 1.33. The second-order valence-electron chi connectivity index (χ2n) is 3.00. The van der Waals surface area contributed by atoms with Crippen molar-refractivity contribution in [2.24, 2.45) is 0 Å². The van der Waals surface area contributed by atoms with E-state index in [0.717, 1.165) is 17.2 Å². The second-order valence-corrected chi connectivity index (χ2v) is 3.00. The van der Waals surface area contributed by atoms with E-state index in [1.165, 1.54) is 0 Å². The smallest absolute Gasteiger partial charge is 0.110 e. The molecule has 2 heterocycles. The monoisotopic (exact) mass is 173 g/mol. The van der Waals surface area contributed by atoms with Gasteiger partial charge in [0.2, 0.25) is 0 Å². The fraction of sp³-hybridized carbons (Fsp3) is 0.200. The van der Waals surface area contributed by atoms with Gasteiger partial charge in [-0.15, -0.1) is 0 Å². The van der Waals surface area contributed by atoms with E-state index in [4.69, 9.17) is 0 Å². The van der Waals surface area contributed by atoms with Gasteiger partial charge in [-0.3, -0.25) is 4.98 Å². The molecule has 0 spiro atoms. The molecule has 3 heteroatoms. The molecule has 0 aromatic carbocycles. The molecular formula is C10H11N3. The average Bonchev–Trinajstić information content (AvgIpc) is 2.51. The Labute approximate surface area is 77.1 Å². The van der Waals surface area contributed by atoms with Gasteiger partial charge >= 0.3 is 0 Å². The third kappa shape index (κ3) is 1.45. The Morgan fingerprint density at radius 1 is 1.15 bits per heavy atom. The van der Waals surface area contributed by atoms with Crippen molar-refractivity contribution >= 4 is 0 Å². The maximum atomic E-state index is 4.17. The second kappa shape index (κ2) is 3.01. The van der Waals surface area contributed by atoms with Crippen LogP contribution < -0.4 is 0 Å². The van der Waals surface area contributed by atoms with Crippen LogP contribution in [0.4, 0.5) is 0 Å². The molecule has 2 aromatic rings. The summed E-state index contributed by atoms with van der Waals surface area (Å²) in [6, 6.07) is 4.01. The minimum Gasteiger partial charge on any atom is -0.304 e. The molecule has 0 N–H and O–H groups in total. The van der Waals surface area contributed by atoms with E-state index in [0.29, 0.717) is 0 Å². The lowest BCUT2D eigenvalue weighted by Crippen LogP contribution is -1.96. The molecule has 0 bridgehead atoms. The molecule has 2 aromatic heterocycles. The number of aryl methyl sites for hydroxylation is 2. The van der Waals surface area contributed by atoms with Crippen LogP contribution in [-0.2, 0) is 0 Å². The Bertz CT molecular complexity index is 418. The quantitative estimate of drug-likeness (QED) is 0.659. The summed E-state index contributed by atoms with van der Waals surface area (Å²) in [5.41, 5.74) is 2.13. The number of aromatic nitrogens is 3. The molecule has 0 aliphatic heterocycles. The zero-order chi connectivity index (χ0) is 9.26. The lowest BCUT2D eigenvalue weighted by molar-refractivity contribution is 0.965. The molecule has 0 amide bonds. The van der Waals surface area contributed by atoms with Crippen molar-refractivity contribution in [3.8, 4) is 5.69 Å². The van der Waals surface area contributed by atoms with E-state index in [1.807, 2.05) is 42.9 Å². The number of hydrogen-bond donors (Lipinski definition) is 0. The van der Waals surface area contributed by atoms with Crippen LogP contribution in [0.5, 0.6) is 0 Å². The summed E-state index contributed by atoms with van der Waals surface area (Å²) in [6.07, 6.45) is 5.55. The summed E-state index contributed by atoms with van der Waals surface area (Å²) >= 11 is 0. The molecule has 0 radical (unpaired) electrons. The highest BCUT2D eigenvalue weighted by Crippen LogP contribution is 2.09. The third-order valence-electron chi connectivity index (χ3n) is 1.98. The van der Waals surface area contributed by atoms with Crippen LogP contribution in [0, 0.1) is 13.8 Å². The van der Waals surface area contributed by atoms with Gasteiger partial charge in [-0.2, -0.15) is 0 Å². The van der Waals surface area contributed by atoms with Crippen molar-refractivity contribution in [1.82, 2.24) is 14.5 Å². The number of nitrogens with zero attached hydrogens (tertiary/aromatic N) is 3. The standard InChI is InChI=1S/C10H11N3/c1-8-7-10(3-4-11-8)13-6-5-12-9(13)2/h3-7H,1-2H3. The summed E-state index contributed by atoms with van der Waals surface area (Å²) in [4.78, 5) is 8.31. The van der Waals surface area contributed by atoms with Gasteiger partial charge in [0.05, 0.1) is 5.69 Å². The zero-order valence-electron chi connectivity index (χ0n) is 7.73. The van der Waals surface area contributed by atoms with Gasteiger partial charge < -0.3 is 4.57 Å². The van der Waals surface area contributed by atoms with Crippen molar-refractivity contribution in [2.75, 3.05) is 0 Å². The first-order chi connectivity index (χ1) is 6.27. The first-order valence-corrected chi connectivity index (χ1v) is 4.20. The van der Waals surface area contributed by atoms with Crippen LogP contribution in [0.2, 0.25) is 0 Å². The largest absolute Gasteiger partial charge is 0.304 e. The Hall–Kier alpha value is -1.64. The van der Waals surface area contributed by atoms with Crippen molar-refractivity contribution in [3.05, 3.63) is 42.2 Å². The maximum absolute atomic E-state index is 4.17. The molecule has 66 valence electrons. The molecule has 3 nitrogen and oxygen atoms in total. The normalized spacial score (nSPS) is 10.3. The number of pyridine rings is 1. The highest BCUT2D eigenvalue weighted by atomic mass is 15.1. The molecule has 0 saturated carbocycles. The van der Waals surface area contributed by atoms with Crippen molar-refractivity contribution < 1.29 is 0 Å². The molecule has 13 heavy (non-hydrogen) atoms. The van der Waals surface area contributed by atoms with Gasteiger partial charge in [0.15, 0.2) is 0 Å². The van der Waals surface area contributed by atoms with Crippen molar-refractivity contribution in [3.63, 3.8) is 0 Å². The van der Waals surface area contributed by atoms with E-state index in [9.17, 15) is 0 Å². The van der Waals surface area contributed by atoms with Crippen molar-refractivity contribution in [1.29, 1.82) is 0 Å². The fourth-order valence-corrected chi connectivity index (χ4v) is 1.33. The third-order valence-corrected chi connectivity index (χ3v) is 1.98. The number of rotatable bonds is 1. The Balaban J connectivity index is 2.53. The predicted molar refractivity (Wildman–Crippen MR) is 50.8 cm³/mol. The number of hydrogen-bond acceptors (Lipinski definition) is 2. The molecule has 0 aliphatic carbocycles. The van der Waals surface area contributed by atoms with Gasteiger partial charge in [-0.1, -0.05) is 0 Å². The van der Waals surface area contributed by atoms with Crippen LogP contribution in [0.3, 0.4) is 0 Å². The van der Waals surface area contributed by atoms with Crippen LogP contribution in [0.25, 0.3) is 5.69 Å². The molecule has 2 rings (SSSR count). The van der Waals surface area contributed by atoms with Crippen LogP contribution in [-0.4, -0.2) is 14.5 Å². The van der Waals surface area contributed by atoms with E-state index < -0.39 is 0 Å². The zero-order valence-corrected chi connectivity index (χ0v) is 7.73. The van der Waals surface area contributed by atoms with Crippen molar-refractivity contribution in [2.45, 2.75) is 13.8 Å². The molecule has 0 saturated heterocycles. The molecule has 0 atom stereocenters. The Kier molecular flexibility index (Phi) is 1.85. The summed E-state index contributed by atoms with van der Waals surface area (Å²) in [7, 11) is 0. The van der Waals surface area contributed by atoms with E-state index in [1.54, 1.807) is 6.20 Å². The Morgan fingerprint density at radius 3 is 2.62 bits per heavy atom. The molecule has 0 unspecified atom stereocenters. The van der Waals surface area contributed by atoms with Gasteiger partial charge in [0, 0.05) is 24.3 Å².